The summed E-state index contributed by atoms with van der Waals surface area (Å²) in [6.07, 6.45) is 0. The molecule has 0 amide bonds. The van der Waals surface area contributed by atoms with Crippen LogP contribution in [0.15, 0.2) is 0 Å². The molecule has 0 fully saturated rings. The molecule has 0 aliphatic rings. The van der Waals surface area contributed by atoms with E-state index in [4.69, 9.17) is 0 Å². The molecule has 0 heterocycles. The highest BCUT2D eigenvalue weighted by atomic mass is 31.1. The highest BCUT2D eigenvalue weighted by molar-refractivity contribution is 7.68. The van der Waals surface area contributed by atoms with Crippen LogP contribution in [-0.4, -0.2) is 26.7 Å². The van der Waals surface area contributed by atoms with Gasteiger partial charge >= 0.3 is 0 Å². The van der Waals surface area contributed by atoms with E-state index in [-0.39, 0.29) is 15.3 Å². The lowest BCUT2D eigenvalue weighted by atomic mass is 11.8. The van der Waals surface area contributed by atoms with Crippen molar-refractivity contribution < 1.29 is 0 Å². The van der Waals surface area contributed by atoms with Crippen molar-refractivity contribution in [1.29, 1.82) is 0 Å². The first kappa shape index (κ1) is 7.51. The third-order valence-corrected chi connectivity index (χ3v) is 3.60. The lowest BCUT2D eigenvalue weighted by Crippen LogP contribution is -1.52. The summed E-state index contributed by atoms with van der Waals surface area (Å²) >= 11 is 0. The summed E-state index contributed by atoms with van der Waals surface area (Å²) in [5, 5.41) is 3.44. The van der Waals surface area contributed by atoms with Crippen molar-refractivity contribution in [2.45, 2.75) is 0 Å². The van der Waals surface area contributed by atoms with Crippen molar-refractivity contribution in [2.75, 3.05) is 26.7 Å². The molecule has 0 atom stereocenters. The molecule has 42 valence electrons. The molecule has 0 rings (SSSR count). The second kappa shape index (κ2) is 3.50. The van der Waals surface area contributed by atoms with Gasteiger partial charge in [0.1, 0.15) is 0 Å². The SMILES string of the molecule is CP(C)C#P(C)C. The first-order valence-corrected chi connectivity index (χ1v) is 6.71. The Labute approximate surface area is 48.1 Å². The Morgan fingerprint density at radius 1 is 1.00 bits per heavy atom. The third-order valence-electron chi connectivity index (χ3n) is 0.400. The van der Waals surface area contributed by atoms with E-state index >= 15 is 0 Å². The molecular weight excluding hydrogens is 122 g/mol. The monoisotopic (exact) mass is 134 g/mol. The molecule has 0 aromatic heterocycles. The van der Waals surface area contributed by atoms with Crippen molar-refractivity contribution in [3.63, 3.8) is 0 Å². The predicted molar refractivity (Wildman–Crippen MR) is 41.4 cm³/mol. The van der Waals surface area contributed by atoms with Crippen LogP contribution in [0.5, 0.6) is 0 Å². The van der Waals surface area contributed by atoms with E-state index in [1.165, 1.54) is 0 Å². The van der Waals surface area contributed by atoms with Crippen LogP contribution in [0.1, 0.15) is 0 Å². The number of hydrogen-bond donors (Lipinski definition) is 0. The minimum Gasteiger partial charge on any atom is -0.110 e. The maximum Gasteiger partial charge on any atom is -0.0228 e. The molecule has 0 aliphatic heterocycles. The van der Waals surface area contributed by atoms with E-state index in [0.29, 0.717) is 0 Å². The fourth-order valence-corrected chi connectivity index (χ4v) is 3.60. The van der Waals surface area contributed by atoms with Gasteiger partial charge in [0.05, 0.1) is 0 Å². The second-order valence-corrected chi connectivity index (χ2v) is 6.27. The molecule has 0 aromatic rings. The van der Waals surface area contributed by atoms with Crippen LogP contribution in [0.25, 0.3) is 0 Å². The van der Waals surface area contributed by atoms with Crippen molar-refractivity contribution in [3.05, 3.63) is 0 Å². The number of hydrogen-bond acceptors (Lipinski definition) is 0. The van der Waals surface area contributed by atoms with Crippen LogP contribution in [0.4, 0.5) is 0 Å². The quantitative estimate of drug-likeness (QED) is 0.446. The first-order chi connectivity index (χ1) is 3.13. The fraction of sp³-hybridized carbons (Fsp3) is 0.800. The summed E-state index contributed by atoms with van der Waals surface area (Å²) < 4.78 is 0. The molecule has 0 radical (unpaired) electrons. The summed E-state index contributed by atoms with van der Waals surface area (Å²) in [7, 11) is 0.278. The van der Waals surface area contributed by atoms with E-state index in [1.807, 2.05) is 0 Å². The van der Waals surface area contributed by atoms with Crippen LogP contribution in [0.3, 0.4) is 0 Å². The van der Waals surface area contributed by atoms with Gasteiger partial charge in [-0.25, -0.2) is 0 Å². The number of rotatable bonds is 0. The Kier molecular flexibility index (Phi) is 3.76. The maximum absolute atomic E-state index is 3.44. The van der Waals surface area contributed by atoms with E-state index in [2.05, 4.69) is 32.0 Å². The fourth-order valence-electron chi connectivity index (χ4n) is 0.400. The summed E-state index contributed by atoms with van der Waals surface area (Å²) in [6, 6.07) is 0. The van der Waals surface area contributed by atoms with E-state index in [0.717, 1.165) is 0 Å². The van der Waals surface area contributed by atoms with Gasteiger partial charge in [-0.05, 0) is 34.6 Å². The molecule has 7 heavy (non-hydrogen) atoms. The Morgan fingerprint density at radius 3 is 1.43 bits per heavy atom. The van der Waals surface area contributed by atoms with Crippen molar-refractivity contribution in [1.82, 2.24) is 0 Å². The summed E-state index contributed by atoms with van der Waals surface area (Å²) in [5.74, 6) is 0. The van der Waals surface area contributed by atoms with Gasteiger partial charge in [-0.1, -0.05) is 0 Å². The molecule has 0 N–H and O–H groups in total. The van der Waals surface area contributed by atoms with E-state index in [1.54, 1.807) is 0 Å². The summed E-state index contributed by atoms with van der Waals surface area (Å²) in [4.78, 5) is 0. The standard InChI is InChI=1S/C5H12P2/c1-6(2)5-7(3)4/h1-4H3. The van der Waals surface area contributed by atoms with Gasteiger partial charge < -0.3 is 0 Å². The zero-order valence-electron chi connectivity index (χ0n) is 5.39. The van der Waals surface area contributed by atoms with Crippen LogP contribution < -0.4 is 0 Å². The minimum atomic E-state index is 0.139. The lowest BCUT2D eigenvalue weighted by Gasteiger charge is -1.88. The molecule has 0 unspecified atom stereocenters. The van der Waals surface area contributed by atoms with Gasteiger partial charge in [0.25, 0.3) is 0 Å². The van der Waals surface area contributed by atoms with E-state index in [9.17, 15) is 0 Å². The van der Waals surface area contributed by atoms with Crippen molar-refractivity contribution in [3.8, 4) is 5.37 Å². The Bertz CT molecular complexity index is 107. The largest absolute Gasteiger partial charge is 0.110 e. The summed E-state index contributed by atoms with van der Waals surface area (Å²) in [5.41, 5.74) is 0. The summed E-state index contributed by atoms with van der Waals surface area (Å²) in [6.45, 7) is 8.94. The van der Waals surface area contributed by atoms with Crippen LogP contribution >= 0.6 is 15.3 Å². The van der Waals surface area contributed by atoms with Crippen molar-refractivity contribution >= 4 is 15.3 Å². The Balaban J connectivity index is 3.65. The molecule has 0 nitrogen and oxygen atoms in total. The topological polar surface area (TPSA) is 0 Å². The highest BCUT2D eigenvalue weighted by Crippen LogP contribution is 2.26. The molecule has 0 aromatic carbocycles. The predicted octanol–water partition coefficient (Wildman–Crippen LogP) is 2.39. The zero-order valence-corrected chi connectivity index (χ0v) is 7.18. The van der Waals surface area contributed by atoms with E-state index < -0.39 is 0 Å². The van der Waals surface area contributed by atoms with Gasteiger partial charge in [0.2, 0.25) is 0 Å². The molecule has 0 bridgehead atoms. The van der Waals surface area contributed by atoms with Crippen LogP contribution in [-0.2, 0) is 0 Å². The van der Waals surface area contributed by atoms with Gasteiger partial charge in [-0.3, -0.25) is 0 Å². The van der Waals surface area contributed by atoms with Crippen LogP contribution in [0.2, 0.25) is 0 Å². The molecular formula is C5H12P2. The highest BCUT2D eigenvalue weighted by Gasteiger charge is 1.77. The molecule has 0 spiro atoms. The van der Waals surface area contributed by atoms with Crippen LogP contribution in [0, 0.1) is 5.37 Å². The second-order valence-electron chi connectivity index (χ2n) is 1.89. The lowest BCUT2D eigenvalue weighted by molar-refractivity contribution is 2.24. The Morgan fingerprint density at radius 2 is 1.43 bits per heavy atom. The first-order valence-electron chi connectivity index (χ1n) is 2.24. The molecule has 0 saturated heterocycles. The maximum atomic E-state index is 3.44. The average Bonchev–Trinajstić information content (AvgIpc) is 1.27. The van der Waals surface area contributed by atoms with Gasteiger partial charge in [-0.2, -0.15) is 0 Å². The molecule has 0 aliphatic carbocycles. The normalized spacial score (nSPS) is 8.71. The van der Waals surface area contributed by atoms with Gasteiger partial charge in [0, 0.05) is 0 Å². The average molecular weight is 134 g/mol. The molecule has 0 saturated carbocycles. The third kappa shape index (κ3) is 6.51. The zero-order chi connectivity index (χ0) is 5.86. The van der Waals surface area contributed by atoms with Crippen molar-refractivity contribution in [2.24, 2.45) is 0 Å². The minimum absolute atomic E-state index is 0.139. The molecule has 2 heteroatoms. The van der Waals surface area contributed by atoms with Gasteiger partial charge in [0.15, 0.2) is 0 Å². The van der Waals surface area contributed by atoms with Gasteiger partial charge in [-0.15, -0.1) is 12.7 Å². The smallest absolute Gasteiger partial charge is 0.0228 e. The Hall–Kier alpha value is 0.510.